The first-order valence-corrected chi connectivity index (χ1v) is 32.3. The molecule has 0 fully saturated rings. The predicted octanol–water partition coefficient (Wildman–Crippen LogP) is 20.4. The molecule has 6 heteroatoms. The Labute approximate surface area is 449 Å². The van der Waals surface area contributed by atoms with E-state index in [0.29, 0.717) is 19.4 Å². The first kappa shape index (κ1) is 70.1. The molecule has 0 heterocycles. The fourth-order valence-corrected chi connectivity index (χ4v) is 9.96. The molecule has 2 atom stereocenters. The summed E-state index contributed by atoms with van der Waals surface area (Å²) in [6.07, 6.45) is 77.7. The van der Waals surface area contributed by atoms with Gasteiger partial charge in [-0.1, -0.05) is 307 Å². The van der Waals surface area contributed by atoms with E-state index in [0.717, 1.165) is 51.4 Å². The largest absolute Gasteiger partial charge is 0.466 e. The Morgan fingerprint density at radius 3 is 1.07 bits per heavy atom. The topological polar surface area (TPSA) is 95.9 Å². The number of carbonyl (C=O) groups is 2. The number of nitrogens with one attached hydrogen (secondary N) is 1. The normalized spacial score (nSPS) is 12.8. The second-order valence-electron chi connectivity index (χ2n) is 22.1. The predicted molar refractivity (Wildman–Crippen MR) is 315 cm³/mol. The first-order chi connectivity index (χ1) is 35.5. The molecular formula is C66H125NO5. The van der Waals surface area contributed by atoms with Gasteiger partial charge in [-0.05, 0) is 64.2 Å². The highest BCUT2D eigenvalue weighted by molar-refractivity contribution is 5.76. The van der Waals surface area contributed by atoms with E-state index in [2.05, 4.69) is 43.5 Å². The molecule has 0 aliphatic carbocycles. The summed E-state index contributed by atoms with van der Waals surface area (Å²) in [5, 5.41) is 23.0. The van der Waals surface area contributed by atoms with Gasteiger partial charge in [0.05, 0.1) is 25.4 Å². The third kappa shape index (κ3) is 57.4. The van der Waals surface area contributed by atoms with Crippen molar-refractivity contribution in [3.63, 3.8) is 0 Å². The molecule has 0 aliphatic heterocycles. The molecule has 0 aromatic heterocycles. The summed E-state index contributed by atoms with van der Waals surface area (Å²) in [6.45, 7) is 4.89. The Balaban J connectivity index is 3.34. The van der Waals surface area contributed by atoms with Crippen molar-refractivity contribution in [2.75, 3.05) is 13.2 Å². The molecule has 0 rings (SSSR count). The van der Waals surface area contributed by atoms with Gasteiger partial charge in [-0.15, -0.1) is 0 Å². The van der Waals surface area contributed by atoms with Gasteiger partial charge in [0.2, 0.25) is 5.91 Å². The fraction of sp³-hybridized carbons (Fsp3) is 0.879. The number of allylic oxidation sites excluding steroid dienone is 5. The lowest BCUT2D eigenvalue weighted by atomic mass is 10.0. The zero-order chi connectivity index (χ0) is 52.2. The smallest absolute Gasteiger partial charge is 0.305 e. The van der Waals surface area contributed by atoms with Crippen LogP contribution in [0.25, 0.3) is 0 Å². The zero-order valence-electron chi connectivity index (χ0n) is 48.4. The third-order valence-electron chi connectivity index (χ3n) is 14.9. The van der Waals surface area contributed by atoms with E-state index in [1.807, 2.05) is 6.08 Å². The van der Waals surface area contributed by atoms with Crippen LogP contribution in [0.2, 0.25) is 0 Å². The van der Waals surface area contributed by atoms with Crippen molar-refractivity contribution in [2.45, 2.75) is 360 Å². The van der Waals surface area contributed by atoms with E-state index in [-0.39, 0.29) is 18.5 Å². The van der Waals surface area contributed by atoms with Gasteiger partial charge in [-0.25, -0.2) is 0 Å². The van der Waals surface area contributed by atoms with Crippen LogP contribution < -0.4 is 5.32 Å². The number of ether oxygens (including phenoxy) is 1. The Morgan fingerprint density at radius 1 is 0.389 bits per heavy atom. The second-order valence-corrected chi connectivity index (χ2v) is 22.1. The number of hydrogen-bond acceptors (Lipinski definition) is 5. The molecule has 6 nitrogen and oxygen atoms in total. The lowest BCUT2D eigenvalue weighted by Crippen LogP contribution is -2.45. The summed E-state index contributed by atoms with van der Waals surface area (Å²) in [5.74, 6) is -0.0567. The van der Waals surface area contributed by atoms with Gasteiger partial charge >= 0.3 is 5.97 Å². The highest BCUT2D eigenvalue weighted by Crippen LogP contribution is 2.18. The van der Waals surface area contributed by atoms with E-state index in [1.54, 1.807) is 6.08 Å². The zero-order valence-corrected chi connectivity index (χ0v) is 48.4. The van der Waals surface area contributed by atoms with Gasteiger partial charge in [0.1, 0.15) is 0 Å². The number of aliphatic hydroxyl groups excluding tert-OH is 2. The molecule has 0 aromatic rings. The SMILES string of the molecule is CCCCCC/C=C\C/C=C\CCCCCCCCCC(=O)OCCCCCCCCCCCCCCCCCCCCCCCCCCCCC(=O)NC(CO)C(O)/C=C/CCCCCCCCCCC. The molecule has 0 aliphatic rings. The Morgan fingerprint density at radius 2 is 0.694 bits per heavy atom. The van der Waals surface area contributed by atoms with Crippen molar-refractivity contribution in [1.29, 1.82) is 0 Å². The molecule has 1 amide bonds. The first-order valence-electron chi connectivity index (χ1n) is 32.3. The number of hydrogen-bond donors (Lipinski definition) is 3. The third-order valence-corrected chi connectivity index (χ3v) is 14.9. The van der Waals surface area contributed by atoms with Gasteiger partial charge in [0, 0.05) is 12.8 Å². The van der Waals surface area contributed by atoms with E-state index in [9.17, 15) is 19.8 Å². The number of rotatable bonds is 60. The molecule has 0 bridgehead atoms. The highest BCUT2D eigenvalue weighted by atomic mass is 16.5. The average molecular weight is 1010 g/mol. The van der Waals surface area contributed by atoms with Crippen LogP contribution in [-0.4, -0.2) is 47.4 Å². The molecule has 0 saturated heterocycles. The lowest BCUT2D eigenvalue weighted by Gasteiger charge is -2.20. The van der Waals surface area contributed by atoms with Gasteiger partial charge < -0.3 is 20.3 Å². The van der Waals surface area contributed by atoms with Crippen molar-refractivity contribution in [2.24, 2.45) is 0 Å². The minimum absolute atomic E-state index is 0.00953. The summed E-state index contributed by atoms with van der Waals surface area (Å²) in [7, 11) is 0. The second kappa shape index (κ2) is 61.6. The molecular weight excluding hydrogens is 887 g/mol. The Kier molecular flexibility index (Phi) is 60.0. The Hall–Kier alpha value is -1.92. The maximum Gasteiger partial charge on any atom is 0.305 e. The molecule has 0 spiro atoms. The number of carbonyl (C=O) groups excluding carboxylic acids is 2. The summed E-state index contributed by atoms with van der Waals surface area (Å²) in [5.41, 5.74) is 0. The van der Waals surface area contributed by atoms with Crippen molar-refractivity contribution in [3.8, 4) is 0 Å². The number of esters is 1. The summed E-state index contributed by atoms with van der Waals surface area (Å²) in [6, 6.07) is -0.625. The van der Waals surface area contributed by atoms with Crippen molar-refractivity contribution < 1.29 is 24.5 Å². The minimum Gasteiger partial charge on any atom is -0.466 e. The van der Waals surface area contributed by atoms with E-state index in [1.165, 1.54) is 270 Å². The van der Waals surface area contributed by atoms with Gasteiger partial charge in [0.25, 0.3) is 0 Å². The van der Waals surface area contributed by atoms with Gasteiger partial charge in [-0.3, -0.25) is 9.59 Å². The quantitative estimate of drug-likeness (QED) is 0.0320. The average Bonchev–Trinajstić information content (AvgIpc) is 3.38. The van der Waals surface area contributed by atoms with Gasteiger partial charge in [0.15, 0.2) is 0 Å². The van der Waals surface area contributed by atoms with Gasteiger partial charge in [-0.2, -0.15) is 0 Å². The van der Waals surface area contributed by atoms with Crippen LogP contribution in [0, 0.1) is 0 Å². The molecule has 0 aromatic carbocycles. The number of aliphatic hydroxyl groups is 2. The fourth-order valence-electron chi connectivity index (χ4n) is 9.96. The highest BCUT2D eigenvalue weighted by Gasteiger charge is 2.18. The standard InChI is InChI=1S/C66H125NO5/c1-3-5-7-9-11-13-15-16-17-18-30-33-36-40-44-48-52-56-60-66(71)72-61-57-53-49-45-41-37-34-31-28-26-24-22-20-19-21-23-25-27-29-32-35-39-43-47-51-55-59-65(70)67-63(62-68)64(69)58-54-50-46-42-38-14-12-10-8-6-4-2/h13,15,17-18,54,58,63-64,68-69H,3-12,14,16,19-53,55-57,59-62H2,1-2H3,(H,67,70)/b15-13-,18-17-,58-54+. The molecule has 0 radical (unpaired) electrons. The summed E-state index contributed by atoms with van der Waals surface area (Å²) >= 11 is 0. The van der Waals surface area contributed by atoms with Crippen molar-refractivity contribution in [1.82, 2.24) is 5.32 Å². The van der Waals surface area contributed by atoms with E-state index >= 15 is 0 Å². The minimum atomic E-state index is -0.841. The van der Waals surface area contributed by atoms with Crippen LogP contribution >= 0.6 is 0 Å². The maximum atomic E-state index is 12.4. The van der Waals surface area contributed by atoms with Crippen LogP contribution in [0.4, 0.5) is 0 Å². The lowest BCUT2D eigenvalue weighted by molar-refractivity contribution is -0.143. The molecule has 0 saturated carbocycles. The van der Waals surface area contributed by atoms with Crippen LogP contribution in [0.5, 0.6) is 0 Å². The van der Waals surface area contributed by atoms with Crippen LogP contribution in [0.15, 0.2) is 36.5 Å². The monoisotopic (exact) mass is 1010 g/mol. The molecule has 3 N–H and O–H groups in total. The van der Waals surface area contributed by atoms with Crippen LogP contribution in [-0.2, 0) is 14.3 Å². The molecule has 2 unspecified atom stereocenters. The Bertz CT molecular complexity index is 1170. The molecule has 72 heavy (non-hydrogen) atoms. The van der Waals surface area contributed by atoms with Crippen molar-refractivity contribution >= 4 is 11.9 Å². The van der Waals surface area contributed by atoms with Crippen LogP contribution in [0.3, 0.4) is 0 Å². The number of unbranched alkanes of at least 4 members (excludes halogenated alkanes) is 45. The van der Waals surface area contributed by atoms with Crippen molar-refractivity contribution in [3.05, 3.63) is 36.5 Å². The van der Waals surface area contributed by atoms with E-state index in [4.69, 9.17) is 4.74 Å². The summed E-state index contributed by atoms with van der Waals surface area (Å²) < 4.78 is 5.50. The number of amides is 1. The van der Waals surface area contributed by atoms with Crippen LogP contribution in [0.1, 0.15) is 348 Å². The van der Waals surface area contributed by atoms with E-state index < -0.39 is 12.1 Å². The molecule has 424 valence electrons. The maximum absolute atomic E-state index is 12.4. The summed E-state index contributed by atoms with van der Waals surface area (Å²) in [4.78, 5) is 24.5.